The number of aryl methyl sites for hydroxylation is 2. The van der Waals surface area contributed by atoms with E-state index >= 15 is 0 Å². The number of nitrogens with one attached hydrogen (secondary N) is 1. The molecule has 1 N–H and O–H groups in total. The molecule has 0 bridgehead atoms. The third-order valence-corrected chi connectivity index (χ3v) is 3.44. The molecule has 0 radical (unpaired) electrons. The lowest BCUT2D eigenvalue weighted by atomic mass is 10.1. The third kappa shape index (κ3) is 1.89. The van der Waals surface area contributed by atoms with E-state index in [1.807, 2.05) is 13.8 Å². The van der Waals surface area contributed by atoms with Gasteiger partial charge in [-0.15, -0.1) is 0 Å². The van der Waals surface area contributed by atoms with E-state index in [0.717, 1.165) is 37.5 Å². The molecule has 0 spiro atoms. The molecule has 1 aliphatic rings. The minimum Gasteiger partial charge on any atom is -0.361 e. The van der Waals surface area contributed by atoms with E-state index in [1.165, 1.54) is 16.8 Å². The summed E-state index contributed by atoms with van der Waals surface area (Å²) in [7, 11) is 0. The number of fused-ring (bicyclic) bond motifs is 1. The zero-order chi connectivity index (χ0) is 11.8. The summed E-state index contributed by atoms with van der Waals surface area (Å²) in [6.45, 7) is 7.08. The minimum atomic E-state index is 0.918. The molecule has 0 saturated heterocycles. The summed E-state index contributed by atoms with van der Waals surface area (Å²) < 4.78 is 7.54. The van der Waals surface area contributed by atoms with E-state index in [1.54, 1.807) is 0 Å². The van der Waals surface area contributed by atoms with Crippen molar-refractivity contribution in [3.8, 4) is 0 Å². The van der Waals surface area contributed by atoms with E-state index in [9.17, 15) is 0 Å². The molecule has 4 heteroatoms. The van der Waals surface area contributed by atoms with Gasteiger partial charge in [0.2, 0.25) is 0 Å². The Hall–Kier alpha value is -1.55. The molecular weight excluding hydrogens is 214 g/mol. The molecule has 2 aromatic rings. The molecule has 0 aromatic carbocycles. The highest BCUT2D eigenvalue weighted by Gasteiger charge is 2.14. The average Bonchev–Trinajstić information content (AvgIpc) is 2.87. The maximum atomic E-state index is 5.20. The molecule has 0 unspecified atom stereocenters. The van der Waals surface area contributed by atoms with Gasteiger partial charge in [-0.3, -0.25) is 0 Å². The quantitative estimate of drug-likeness (QED) is 0.856. The van der Waals surface area contributed by atoms with Crippen LogP contribution in [0.3, 0.4) is 0 Å². The highest BCUT2D eigenvalue weighted by molar-refractivity contribution is 5.31. The van der Waals surface area contributed by atoms with E-state index in [2.05, 4.69) is 27.3 Å². The van der Waals surface area contributed by atoms with Crippen molar-refractivity contribution in [1.82, 2.24) is 15.0 Å². The topological polar surface area (TPSA) is 43.0 Å². The standard InChI is InChI=1S/C13H17N3O/c1-9-13(10(2)17-15-9)6-11-5-12-7-14-3-4-16(12)8-11/h5,8,14H,3-4,6-7H2,1-2H3. The van der Waals surface area contributed by atoms with Crippen molar-refractivity contribution in [2.45, 2.75) is 33.4 Å². The van der Waals surface area contributed by atoms with Crippen molar-refractivity contribution in [3.05, 3.63) is 40.5 Å². The lowest BCUT2D eigenvalue weighted by Gasteiger charge is -2.15. The predicted octanol–water partition coefficient (Wildman–Crippen LogP) is 1.79. The van der Waals surface area contributed by atoms with E-state index in [4.69, 9.17) is 4.52 Å². The van der Waals surface area contributed by atoms with Gasteiger partial charge < -0.3 is 14.4 Å². The SMILES string of the molecule is Cc1noc(C)c1Cc1cc2n(c1)CCNC2. The van der Waals surface area contributed by atoms with Crippen LogP contribution in [0, 0.1) is 13.8 Å². The molecule has 0 aliphatic carbocycles. The van der Waals surface area contributed by atoms with Crippen LogP contribution in [-0.2, 0) is 19.5 Å². The fourth-order valence-electron chi connectivity index (χ4n) is 2.45. The summed E-state index contributed by atoms with van der Waals surface area (Å²) in [6, 6.07) is 2.28. The molecular formula is C13H17N3O. The van der Waals surface area contributed by atoms with E-state index in [0.29, 0.717) is 0 Å². The normalized spacial score (nSPS) is 14.9. The smallest absolute Gasteiger partial charge is 0.137 e. The molecule has 17 heavy (non-hydrogen) atoms. The molecule has 4 nitrogen and oxygen atoms in total. The van der Waals surface area contributed by atoms with Crippen molar-refractivity contribution in [2.24, 2.45) is 0 Å². The average molecular weight is 231 g/mol. The number of aromatic nitrogens is 2. The zero-order valence-corrected chi connectivity index (χ0v) is 10.3. The molecule has 3 rings (SSSR count). The number of hydrogen-bond acceptors (Lipinski definition) is 3. The van der Waals surface area contributed by atoms with Gasteiger partial charge >= 0.3 is 0 Å². The molecule has 0 amide bonds. The largest absolute Gasteiger partial charge is 0.361 e. The van der Waals surface area contributed by atoms with Crippen molar-refractivity contribution in [1.29, 1.82) is 0 Å². The minimum absolute atomic E-state index is 0.918. The molecule has 2 aromatic heterocycles. The second kappa shape index (κ2) is 4.04. The van der Waals surface area contributed by atoms with Crippen molar-refractivity contribution in [2.75, 3.05) is 6.54 Å². The summed E-state index contributed by atoms with van der Waals surface area (Å²) in [5.74, 6) is 0.935. The second-order valence-corrected chi connectivity index (χ2v) is 4.69. The Kier molecular flexibility index (Phi) is 2.52. The van der Waals surface area contributed by atoms with Crippen LogP contribution in [0.2, 0.25) is 0 Å². The van der Waals surface area contributed by atoms with Gasteiger partial charge in [0.1, 0.15) is 5.76 Å². The zero-order valence-electron chi connectivity index (χ0n) is 10.3. The number of hydrogen-bond donors (Lipinski definition) is 1. The van der Waals surface area contributed by atoms with Crippen LogP contribution in [0.4, 0.5) is 0 Å². The van der Waals surface area contributed by atoms with Gasteiger partial charge in [-0.2, -0.15) is 0 Å². The first-order chi connectivity index (χ1) is 8.24. The summed E-state index contributed by atoms with van der Waals surface area (Å²) >= 11 is 0. The summed E-state index contributed by atoms with van der Waals surface area (Å²) in [5, 5.41) is 7.38. The summed E-state index contributed by atoms with van der Waals surface area (Å²) in [6.07, 6.45) is 3.17. The first-order valence-electron chi connectivity index (χ1n) is 6.04. The van der Waals surface area contributed by atoms with Gasteiger partial charge in [0.15, 0.2) is 0 Å². The van der Waals surface area contributed by atoms with E-state index in [-0.39, 0.29) is 0 Å². The van der Waals surface area contributed by atoms with Crippen LogP contribution in [0.25, 0.3) is 0 Å². The molecule has 0 saturated carbocycles. The predicted molar refractivity (Wildman–Crippen MR) is 64.9 cm³/mol. The molecule has 0 atom stereocenters. The van der Waals surface area contributed by atoms with Crippen LogP contribution >= 0.6 is 0 Å². The Labute approximate surface area is 101 Å². The van der Waals surface area contributed by atoms with Crippen LogP contribution in [0.15, 0.2) is 16.8 Å². The van der Waals surface area contributed by atoms with Crippen LogP contribution in [0.1, 0.15) is 28.3 Å². The van der Waals surface area contributed by atoms with Gasteiger partial charge in [0, 0.05) is 43.5 Å². The highest BCUT2D eigenvalue weighted by Crippen LogP contribution is 2.20. The highest BCUT2D eigenvalue weighted by atomic mass is 16.5. The Morgan fingerprint density at radius 3 is 3.06 bits per heavy atom. The second-order valence-electron chi connectivity index (χ2n) is 4.69. The Balaban J connectivity index is 1.88. The van der Waals surface area contributed by atoms with Gasteiger partial charge in [0.05, 0.1) is 5.69 Å². The van der Waals surface area contributed by atoms with E-state index < -0.39 is 0 Å². The number of rotatable bonds is 2. The molecule has 0 fully saturated rings. The van der Waals surface area contributed by atoms with Crippen LogP contribution < -0.4 is 5.32 Å². The lowest BCUT2D eigenvalue weighted by Crippen LogP contribution is -2.27. The van der Waals surface area contributed by atoms with Crippen molar-refractivity contribution in [3.63, 3.8) is 0 Å². The fraction of sp³-hybridized carbons (Fsp3) is 0.462. The molecule has 3 heterocycles. The first-order valence-corrected chi connectivity index (χ1v) is 6.04. The van der Waals surface area contributed by atoms with Crippen LogP contribution in [0.5, 0.6) is 0 Å². The fourth-order valence-corrected chi connectivity index (χ4v) is 2.45. The van der Waals surface area contributed by atoms with Gasteiger partial charge in [0.25, 0.3) is 0 Å². The van der Waals surface area contributed by atoms with Crippen molar-refractivity contribution < 1.29 is 4.52 Å². The maximum Gasteiger partial charge on any atom is 0.137 e. The first kappa shape index (κ1) is 10.6. The molecule has 1 aliphatic heterocycles. The Morgan fingerprint density at radius 2 is 2.35 bits per heavy atom. The van der Waals surface area contributed by atoms with Gasteiger partial charge in [-0.1, -0.05) is 5.16 Å². The summed E-state index contributed by atoms with van der Waals surface area (Å²) in [5.41, 5.74) is 4.95. The van der Waals surface area contributed by atoms with Crippen LogP contribution in [-0.4, -0.2) is 16.3 Å². The van der Waals surface area contributed by atoms with Gasteiger partial charge in [-0.25, -0.2) is 0 Å². The summed E-state index contributed by atoms with van der Waals surface area (Å²) in [4.78, 5) is 0. The monoisotopic (exact) mass is 231 g/mol. The molecule has 90 valence electrons. The Bertz CT molecular complexity index is 496. The maximum absolute atomic E-state index is 5.20. The van der Waals surface area contributed by atoms with Crippen molar-refractivity contribution >= 4 is 0 Å². The lowest BCUT2D eigenvalue weighted by molar-refractivity contribution is 0.392. The number of nitrogens with zero attached hydrogens (tertiary/aromatic N) is 2. The third-order valence-electron chi connectivity index (χ3n) is 3.44. The van der Waals surface area contributed by atoms with Gasteiger partial charge in [-0.05, 0) is 25.5 Å². The Morgan fingerprint density at radius 1 is 1.47 bits per heavy atom.